The van der Waals surface area contributed by atoms with Gasteiger partial charge in [0.2, 0.25) is 5.91 Å². The van der Waals surface area contributed by atoms with Crippen molar-refractivity contribution in [1.82, 2.24) is 19.9 Å². The van der Waals surface area contributed by atoms with Gasteiger partial charge in [-0.3, -0.25) is 20.0 Å². The molecule has 210 valence electrons. The van der Waals surface area contributed by atoms with Crippen LogP contribution in [0.2, 0.25) is 5.02 Å². The SMILES string of the molecule is C=CC(=O)N1CSC[C@H]1OC(=O)Nc1cc2c(Nc3ccc(OCc4ccccn4)c(Cl)c3)ncnc2cc1OC. The number of anilines is 3. The van der Waals surface area contributed by atoms with Crippen molar-refractivity contribution in [3.8, 4) is 11.5 Å². The minimum Gasteiger partial charge on any atom is -0.494 e. The van der Waals surface area contributed by atoms with E-state index in [1.165, 1.54) is 36.2 Å². The molecule has 1 fully saturated rings. The van der Waals surface area contributed by atoms with Crippen molar-refractivity contribution in [1.29, 1.82) is 0 Å². The summed E-state index contributed by atoms with van der Waals surface area (Å²) in [7, 11) is 1.48. The van der Waals surface area contributed by atoms with E-state index in [0.29, 0.717) is 56.2 Å². The highest BCUT2D eigenvalue weighted by Crippen LogP contribution is 2.35. The van der Waals surface area contributed by atoms with Gasteiger partial charge in [-0.05, 0) is 42.5 Å². The first-order valence-corrected chi connectivity index (χ1v) is 13.9. The molecule has 0 spiro atoms. The van der Waals surface area contributed by atoms with Crippen molar-refractivity contribution in [3.63, 3.8) is 0 Å². The van der Waals surface area contributed by atoms with Gasteiger partial charge < -0.3 is 19.5 Å². The maximum atomic E-state index is 12.8. The van der Waals surface area contributed by atoms with Gasteiger partial charge >= 0.3 is 6.09 Å². The summed E-state index contributed by atoms with van der Waals surface area (Å²) in [5.74, 6) is 1.92. The van der Waals surface area contributed by atoms with E-state index in [9.17, 15) is 9.59 Å². The number of benzene rings is 2. The molecular formula is C28H25ClN6O5S. The van der Waals surface area contributed by atoms with Gasteiger partial charge in [-0.2, -0.15) is 0 Å². The van der Waals surface area contributed by atoms with E-state index in [0.717, 1.165) is 5.69 Å². The van der Waals surface area contributed by atoms with Gasteiger partial charge in [0, 0.05) is 23.3 Å². The second-order valence-electron chi connectivity index (χ2n) is 8.67. The molecule has 1 aliphatic rings. The largest absolute Gasteiger partial charge is 0.494 e. The molecule has 2 aromatic heterocycles. The predicted molar refractivity (Wildman–Crippen MR) is 158 cm³/mol. The third kappa shape index (κ3) is 6.61. The molecule has 1 saturated heterocycles. The summed E-state index contributed by atoms with van der Waals surface area (Å²) in [4.78, 5) is 39.2. The van der Waals surface area contributed by atoms with Gasteiger partial charge in [0.15, 0.2) is 6.23 Å². The molecule has 2 aromatic carbocycles. The lowest BCUT2D eigenvalue weighted by atomic mass is 10.2. The molecule has 1 aliphatic heterocycles. The summed E-state index contributed by atoms with van der Waals surface area (Å²) in [5.41, 5.74) is 2.36. The zero-order chi connectivity index (χ0) is 28.8. The maximum absolute atomic E-state index is 12.8. The third-order valence-electron chi connectivity index (χ3n) is 6.03. The highest BCUT2D eigenvalue weighted by molar-refractivity contribution is 7.99. The first-order chi connectivity index (χ1) is 19.9. The third-order valence-corrected chi connectivity index (χ3v) is 7.31. The summed E-state index contributed by atoms with van der Waals surface area (Å²) in [6, 6.07) is 14.2. The minimum atomic E-state index is -0.739. The van der Waals surface area contributed by atoms with Gasteiger partial charge in [0.25, 0.3) is 0 Å². The molecule has 11 nitrogen and oxygen atoms in total. The molecule has 4 aromatic rings. The van der Waals surface area contributed by atoms with Crippen molar-refractivity contribution >= 4 is 63.5 Å². The molecule has 0 saturated carbocycles. The topological polar surface area (TPSA) is 128 Å². The number of hydrogen-bond acceptors (Lipinski definition) is 10. The number of nitrogens with zero attached hydrogens (tertiary/aromatic N) is 4. The van der Waals surface area contributed by atoms with Gasteiger partial charge in [-0.25, -0.2) is 14.8 Å². The number of methoxy groups -OCH3 is 1. The Kier molecular flexibility index (Phi) is 8.70. The van der Waals surface area contributed by atoms with Crippen LogP contribution < -0.4 is 20.1 Å². The number of fused-ring (bicyclic) bond motifs is 1. The van der Waals surface area contributed by atoms with E-state index in [4.69, 9.17) is 25.8 Å². The van der Waals surface area contributed by atoms with Crippen LogP contribution in [0.4, 0.5) is 22.0 Å². The number of thioether (sulfide) groups is 1. The Hall–Kier alpha value is -4.55. The molecule has 41 heavy (non-hydrogen) atoms. The van der Waals surface area contributed by atoms with Crippen molar-refractivity contribution in [3.05, 3.63) is 84.4 Å². The Bertz CT molecular complexity index is 1590. The van der Waals surface area contributed by atoms with E-state index in [-0.39, 0.29) is 12.5 Å². The van der Waals surface area contributed by atoms with Crippen molar-refractivity contribution in [2.45, 2.75) is 12.8 Å². The van der Waals surface area contributed by atoms with Crippen molar-refractivity contribution < 1.29 is 23.8 Å². The Morgan fingerprint density at radius 2 is 2.05 bits per heavy atom. The van der Waals surface area contributed by atoms with Crippen molar-refractivity contribution in [2.75, 3.05) is 29.4 Å². The number of hydrogen-bond donors (Lipinski definition) is 2. The summed E-state index contributed by atoms with van der Waals surface area (Å²) in [5, 5.41) is 6.97. The smallest absolute Gasteiger partial charge is 0.413 e. The molecular weight excluding hydrogens is 568 g/mol. The summed E-state index contributed by atoms with van der Waals surface area (Å²) < 4.78 is 16.8. The zero-order valence-corrected chi connectivity index (χ0v) is 23.4. The van der Waals surface area contributed by atoms with E-state index in [1.807, 2.05) is 24.3 Å². The summed E-state index contributed by atoms with van der Waals surface area (Å²) in [6.07, 6.45) is 2.86. The quantitative estimate of drug-likeness (QED) is 0.237. The lowest BCUT2D eigenvalue weighted by molar-refractivity contribution is -0.131. The Morgan fingerprint density at radius 1 is 1.17 bits per heavy atom. The van der Waals surface area contributed by atoms with Crippen LogP contribution in [0.25, 0.3) is 10.9 Å². The van der Waals surface area contributed by atoms with Crippen LogP contribution in [0.3, 0.4) is 0 Å². The van der Waals surface area contributed by atoms with E-state index in [1.54, 1.807) is 30.5 Å². The van der Waals surface area contributed by atoms with Crippen LogP contribution in [0, 0.1) is 0 Å². The minimum absolute atomic E-state index is 0.284. The fourth-order valence-electron chi connectivity index (χ4n) is 4.03. The Balaban J connectivity index is 1.33. The number of pyridine rings is 1. The first-order valence-electron chi connectivity index (χ1n) is 12.4. The van der Waals surface area contributed by atoms with Crippen LogP contribution in [0.1, 0.15) is 5.69 Å². The molecule has 0 unspecified atom stereocenters. The van der Waals surface area contributed by atoms with Crippen LogP contribution in [0.15, 0.2) is 73.7 Å². The summed E-state index contributed by atoms with van der Waals surface area (Å²) >= 11 is 7.96. The Morgan fingerprint density at radius 3 is 2.80 bits per heavy atom. The normalized spacial score (nSPS) is 14.4. The van der Waals surface area contributed by atoms with Crippen molar-refractivity contribution in [2.24, 2.45) is 0 Å². The summed E-state index contributed by atoms with van der Waals surface area (Å²) in [6.45, 7) is 3.78. The average molecular weight is 593 g/mol. The number of carbonyl (C=O) groups excluding carboxylic acids is 2. The van der Waals surface area contributed by atoms with E-state index in [2.05, 4.69) is 32.2 Å². The first kappa shape index (κ1) is 28.0. The monoisotopic (exact) mass is 592 g/mol. The number of aromatic nitrogens is 3. The van der Waals surface area contributed by atoms with E-state index >= 15 is 0 Å². The Labute approximate surface area is 244 Å². The lowest BCUT2D eigenvalue weighted by Crippen LogP contribution is -2.39. The zero-order valence-electron chi connectivity index (χ0n) is 21.9. The lowest BCUT2D eigenvalue weighted by Gasteiger charge is -2.22. The number of rotatable bonds is 9. The molecule has 0 radical (unpaired) electrons. The van der Waals surface area contributed by atoms with Crippen LogP contribution >= 0.6 is 23.4 Å². The number of halogens is 1. The van der Waals surface area contributed by atoms with Crippen LogP contribution in [0.5, 0.6) is 11.5 Å². The highest BCUT2D eigenvalue weighted by atomic mass is 35.5. The van der Waals surface area contributed by atoms with E-state index < -0.39 is 12.3 Å². The van der Waals surface area contributed by atoms with Gasteiger partial charge in [0.1, 0.15) is 30.3 Å². The number of ether oxygens (including phenoxy) is 3. The number of nitrogens with one attached hydrogen (secondary N) is 2. The molecule has 0 bridgehead atoms. The molecule has 13 heteroatoms. The average Bonchev–Trinajstić information content (AvgIpc) is 3.44. The fraction of sp³-hybridized carbons (Fsp3) is 0.179. The van der Waals surface area contributed by atoms with Gasteiger partial charge in [0.05, 0.1) is 40.7 Å². The number of amides is 2. The standard InChI is InChI=1S/C28H25ClN6O5S/c1-3-25(36)35-16-41-14-26(35)40-28(37)34-22-11-19-21(12-24(22)38-2)31-15-32-27(19)33-17-7-8-23(20(29)10-17)39-13-18-6-4-5-9-30-18/h3-12,15,26H,1,13-14,16H2,2H3,(H,34,37)(H,31,32,33)/t26-/m1/s1. The second kappa shape index (κ2) is 12.7. The molecule has 2 amide bonds. The molecule has 3 heterocycles. The molecule has 5 rings (SSSR count). The molecule has 1 atom stereocenters. The van der Waals surface area contributed by atoms with Crippen LogP contribution in [-0.2, 0) is 16.1 Å². The molecule has 2 N–H and O–H groups in total. The fourth-order valence-corrected chi connectivity index (χ4v) is 5.31. The highest BCUT2D eigenvalue weighted by Gasteiger charge is 2.31. The van der Waals surface area contributed by atoms with Crippen LogP contribution in [-0.4, -0.2) is 56.8 Å². The molecule has 0 aliphatic carbocycles. The maximum Gasteiger partial charge on any atom is 0.413 e. The second-order valence-corrected chi connectivity index (χ2v) is 10.1. The number of carbonyl (C=O) groups is 2. The van der Waals surface area contributed by atoms with Gasteiger partial charge in [-0.1, -0.05) is 24.2 Å². The van der Waals surface area contributed by atoms with Gasteiger partial charge in [-0.15, -0.1) is 11.8 Å². The predicted octanol–water partition coefficient (Wildman–Crippen LogP) is 5.60.